The molecule has 0 fully saturated rings. The number of aromatic carboxylic acids is 2. The van der Waals surface area contributed by atoms with Gasteiger partial charge in [-0.05, 0) is 42.9 Å². The zero-order valence-corrected chi connectivity index (χ0v) is 19.2. The lowest BCUT2D eigenvalue weighted by atomic mass is 9.89. The molecule has 0 aliphatic carbocycles. The van der Waals surface area contributed by atoms with Crippen LogP contribution in [0.15, 0.2) is 12.1 Å². The number of carbonyl (C=O) groups is 2. The lowest BCUT2D eigenvalue weighted by Gasteiger charge is -2.15. The molecule has 0 aliphatic rings. The van der Waals surface area contributed by atoms with E-state index < -0.39 is 11.9 Å². The minimum absolute atomic E-state index is 0.00594. The average Bonchev–Trinajstić information content (AvgIpc) is 2.72. The smallest absolute Gasteiger partial charge is 0.336 e. The Morgan fingerprint density at radius 1 is 0.633 bits per heavy atom. The van der Waals surface area contributed by atoms with Crippen molar-refractivity contribution in [1.29, 1.82) is 0 Å². The van der Waals surface area contributed by atoms with Gasteiger partial charge < -0.3 is 10.2 Å². The van der Waals surface area contributed by atoms with E-state index in [9.17, 15) is 19.8 Å². The van der Waals surface area contributed by atoms with Gasteiger partial charge in [0, 0.05) is 0 Å². The molecule has 170 valence electrons. The molecule has 0 heterocycles. The first-order valence-electron chi connectivity index (χ1n) is 12.1. The van der Waals surface area contributed by atoms with Crippen molar-refractivity contribution >= 4 is 11.9 Å². The molecule has 0 atom stereocenters. The highest BCUT2D eigenvalue weighted by Gasteiger charge is 2.22. The fourth-order valence-corrected chi connectivity index (χ4v) is 4.16. The van der Waals surface area contributed by atoms with Crippen molar-refractivity contribution in [3.8, 4) is 0 Å². The maximum absolute atomic E-state index is 11.9. The van der Waals surface area contributed by atoms with E-state index in [1.165, 1.54) is 63.9 Å². The van der Waals surface area contributed by atoms with Crippen molar-refractivity contribution in [2.24, 2.45) is 0 Å². The van der Waals surface area contributed by atoms with E-state index >= 15 is 0 Å². The summed E-state index contributed by atoms with van der Waals surface area (Å²) in [6.45, 7) is 4.40. The molecule has 30 heavy (non-hydrogen) atoms. The van der Waals surface area contributed by atoms with E-state index in [0.717, 1.165) is 49.7 Å². The Kier molecular flexibility index (Phi) is 13.9. The van der Waals surface area contributed by atoms with Crippen LogP contribution < -0.4 is 0 Å². The second-order valence-electron chi connectivity index (χ2n) is 8.48. The summed E-state index contributed by atoms with van der Waals surface area (Å²) in [6, 6.07) is 3.33. The molecule has 1 rings (SSSR count). The first-order chi connectivity index (χ1) is 14.5. The van der Waals surface area contributed by atoms with Gasteiger partial charge in [0.25, 0.3) is 0 Å². The Hall–Kier alpha value is -1.84. The molecule has 0 bridgehead atoms. The number of benzene rings is 1. The second kappa shape index (κ2) is 15.9. The van der Waals surface area contributed by atoms with Gasteiger partial charge in [0.15, 0.2) is 0 Å². The third-order valence-corrected chi connectivity index (χ3v) is 5.93. The van der Waals surface area contributed by atoms with Crippen molar-refractivity contribution in [3.05, 3.63) is 34.4 Å². The topological polar surface area (TPSA) is 74.6 Å². The molecule has 1 aromatic carbocycles. The third-order valence-electron chi connectivity index (χ3n) is 5.93. The summed E-state index contributed by atoms with van der Waals surface area (Å²) in [5, 5.41) is 19.2. The SMILES string of the molecule is CCCCCCCCCCCc1ccc(C(=O)O)c(C(=O)O)c1CCCCCCC. The van der Waals surface area contributed by atoms with Crippen LogP contribution in [0.5, 0.6) is 0 Å². The van der Waals surface area contributed by atoms with Gasteiger partial charge in [-0.3, -0.25) is 0 Å². The highest BCUT2D eigenvalue weighted by Crippen LogP contribution is 2.25. The van der Waals surface area contributed by atoms with E-state index in [1.54, 1.807) is 0 Å². The average molecular weight is 419 g/mol. The van der Waals surface area contributed by atoms with Crippen LogP contribution in [0.25, 0.3) is 0 Å². The van der Waals surface area contributed by atoms with Crippen LogP contribution in [0.3, 0.4) is 0 Å². The van der Waals surface area contributed by atoms with Crippen molar-refractivity contribution in [1.82, 2.24) is 0 Å². The van der Waals surface area contributed by atoms with Crippen LogP contribution in [0.4, 0.5) is 0 Å². The Labute approximate surface area is 183 Å². The van der Waals surface area contributed by atoms with E-state index in [4.69, 9.17) is 0 Å². The molecule has 0 saturated heterocycles. The predicted molar refractivity (Wildman–Crippen MR) is 124 cm³/mol. The highest BCUT2D eigenvalue weighted by atomic mass is 16.4. The van der Waals surface area contributed by atoms with Crippen LogP contribution in [0, 0.1) is 0 Å². The molecule has 1 aromatic rings. The second-order valence-corrected chi connectivity index (χ2v) is 8.48. The molecular weight excluding hydrogens is 376 g/mol. The molecule has 0 aromatic heterocycles. The normalized spacial score (nSPS) is 11.0. The van der Waals surface area contributed by atoms with Crippen molar-refractivity contribution in [2.75, 3.05) is 0 Å². The van der Waals surface area contributed by atoms with Crippen LogP contribution in [-0.4, -0.2) is 22.2 Å². The van der Waals surface area contributed by atoms with Crippen LogP contribution in [0.2, 0.25) is 0 Å². The van der Waals surface area contributed by atoms with Crippen molar-refractivity contribution in [3.63, 3.8) is 0 Å². The summed E-state index contributed by atoms with van der Waals surface area (Å²) in [6.07, 6.45) is 18.2. The summed E-state index contributed by atoms with van der Waals surface area (Å²) in [4.78, 5) is 23.5. The van der Waals surface area contributed by atoms with Crippen molar-refractivity contribution in [2.45, 2.75) is 117 Å². The largest absolute Gasteiger partial charge is 0.478 e. The van der Waals surface area contributed by atoms with E-state index in [1.807, 2.05) is 6.07 Å². The molecule has 0 radical (unpaired) electrons. The van der Waals surface area contributed by atoms with Crippen LogP contribution >= 0.6 is 0 Å². The fraction of sp³-hybridized carbons (Fsp3) is 0.692. The quantitative estimate of drug-likeness (QED) is 0.240. The molecule has 4 heteroatoms. The molecule has 0 amide bonds. The number of rotatable bonds is 18. The third kappa shape index (κ3) is 9.77. The molecule has 0 aliphatic heterocycles. The Bertz CT molecular complexity index is 636. The summed E-state index contributed by atoms with van der Waals surface area (Å²) < 4.78 is 0. The van der Waals surface area contributed by atoms with Gasteiger partial charge in [0.1, 0.15) is 0 Å². The first-order valence-corrected chi connectivity index (χ1v) is 12.1. The molecule has 0 spiro atoms. The van der Waals surface area contributed by atoms with Crippen LogP contribution in [0.1, 0.15) is 136 Å². The first kappa shape index (κ1) is 26.2. The Morgan fingerprint density at radius 2 is 1.10 bits per heavy atom. The number of hydrogen-bond acceptors (Lipinski definition) is 2. The standard InChI is InChI=1S/C26H42O4/c1-3-5-7-9-10-11-12-14-15-17-21-19-20-23(25(27)28)24(26(29)30)22(21)18-16-13-8-6-4-2/h19-20H,3-18H2,1-2H3,(H,27,28)(H,29,30). The Morgan fingerprint density at radius 3 is 1.57 bits per heavy atom. The van der Waals surface area contributed by atoms with Gasteiger partial charge >= 0.3 is 11.9 Å². The zero-order chi connectivity index (χ0) is 22.2. The number of carboxylic acids is 2. The zero-order valence-electron chi connectivity index (χ0n) is 19.2. The molecule has 4 nitrogen and oxygen atoms in total. The number of unbranched alkanes of at least 4 members (excludes halogenated alkanes) is 12. The van der Waals surface area contributed by atoms with Gasteiger partial charge in [-0.1, -0.05) is 97.0 Å². The lowest BCUT2D eigenvalue weighted by Crippen LogP contribution is -2.14. The number of carboxylic acid groups (broad SMARTS) is 2. The highest BCUT2D eigenvalue weighted by molar-refractivity contribution is 6.03. The molecule has 0 saturated carbocycles. The minimum Gasteiger partial charge on any atom is -0.478 e. The predicted octanol–water partition coefficient (Wildman–Crippen LogP) is 7.67. The monoisotopic (exact) mass is 418 g/mol. The molecular formula is C26H42O4. The van der Waals surface area contributed by atoms with Gasteiger partial charge in [0.2, 0.25) is 0 Å². The summed E-state index contributed by atoms with van der Waals surface area (Å²) in [7, 11) is 0. The maximum atomic E-state index is 11.9. The van der Waals surface area contributed by atoms with E-state index in [2.05, 4.69) is 13.8 Å². The minimum atomic E-state index is -1.16. The number of aryl methyl sites for hydroxylation is 1. The maximum Gasteiger partial charge on any atom is 0.336 e. The Balaban J connectivity index is 2.70. The van der Waals surface area contributed by atoms with Gasteiger partial charge in [-0.15, -0.1) is 0 Å². The fourth-order valence-electron chi connectivity index (χ4n) is 4.16. The van der Waals surface area contributed by atoms with Crippen LogP contribution in [-0.2, 0) is 12.8 Å². The van der Waals surface area contributed by atoms with Crippen molar-refractivity contribution < 1.29 is 19.8 Å². The van der Waals surface area contributed by atoms with Gasteiger partial charge in [-0.2, -0.15) is 0 Å². The summed E-state index contributed by atoms with van der Waals surface area (Å²) in [5.74, 6) is -2.28. The summed E-state index contributed by atoms with van der Waals surface area (Å²) in [5.41, 5.74) is 1.70. The van der Waals surface area contributed by atoms with E-state index in [-0.39, 0.29) is 11.1 Å². The lowest BCUT2D eigenvalue weighted by molar-refractivity contribution is 0.0650. The number of hydrogen-bond donors (Lipinski definition) is 2. The van der Waals surface area contributed by atoms with E-state index in [0.29, 0.717) is 6.42 Å². The van der Waals surface area contributed by atoms with Gasteiger partial charge in [-0.25, -0.2) is 9.59 Å². The molecule has 0 unspecified atom stereocenters. The summed E-state index contributed by atoms with van der Waals surface area (Å²) >= 11 is 0. The molecule has 2 N–H and O–H groups in total. The van der Waals surface area contributed by atoms with Gasteiger partial charge in [0.05, 0.1) is 11.1 Å².